The van der Waals surface area contributed by atoms with Crippen LogP contribution in [-0.2, 0) is 10.8 Å². The predicted molar refractivity (Wildman–Crippen MR) is 70.0 cm³/mol. The molecule has 0 saturated heterocycles. The fourth-order valence-electron chi connectivity index (χ4n) is 1.13. The van der Waals surface area contributed by atoms with Gasteiger partial charge in [0.1, 0.15) is 10.7 Å². The molecule has 5 nitrogen and oxygen atoms in total. The summed E-state index contributed by atoms with van der Waals surface area (Å²) in [5.74, 6) is 1.24. The van der Waals surface area contributed by atoms with E-state index in [9.17, 15) is 4.21 Å². The van der Waals surface area contributed by atoms with Crippen LogP contribution in [-0.4, -0.2) is 37.7 Å². The fraction of sp³-hybridized carbons (Fsp3) is 0.444. The predicted octanol–water partition coefficient (Wildman–Crippen LogP) is 0.291. The molecule has 88 valence electrons. The van der Waals surface area contributed by atoms with Crippen LogP contribution in [0.15, 0.2) is 12.4 Å². The maximum atomic E-state index is 10.8. The van der Waals surface area contributed by atoms with Crippen molar-refractivity contribution in [2.24, 2.45) is 5.73 Å². The van der Waals surface area contributed by atoms with Crippen LogP contribution in [0.4, 0.5) is 5.82 Å². The Balaban J connectivity index is 2.53. The van der Waals surface area contributed by atoms with Gasteiger partial charge in [-0.2, -0.15) is 0 Å². The van der Waals surface area contributed by atoms with E-state index in [0.29, 0.717) is 23.8 Å². The van der Waals surface area contributed by atoms with Crippen molar-refractivity contribution in [1.82, 2.24) is 9.97 Å². The average molecular weight is 258 g/mol. The zero-order valence-electron chi connectivity index (χ0n) is 8.97. The first-order valence-corrected chi connectivity index (χ1v) is 6.89. The van der Waals surface area contributed by atoms with Gasteiger partial charge in [0.05, 0.1) is 0 Å². The number of hydrogen-bond acceptors (Lipinski definition) is 5. The second-order valence-corrected chi connectivity index (χ2v) is 5.17. The maximum absolute atomic E-state index is 10.8. The molecule has 1 aromatic heterocycles. The third kappa shape index (κ3) is 4.19. The molecule has 0 aromatic carbocycles. The van der Waals surface area contributed by atoms with Crippen molar-refractivity contribution < 1.29 is 4.21 Å². The summed E-state index contributed by atoms with van der Waals surface area (Å²) in [7, 11) is -0.764. The molecule has 1 unspecified atom stereocenters. The van der Waals surface area contributed by atoms with Gasteiger partial charge in [0.25, 0.3) is 0 Å². The zero-order valence-corrected chi connectivity index (χ0v) is 10.6. The smallest absolute Gasteiger partial charge is 0.155 e. The van der Waals surface area contributed by atoms with E-state index < -0.39 is 10.8 Å². The molecular formula is C9H14N4OS2. The molecule has 0 aliphatic rings. The van der Waals surface area contributed by atoms with E-state index in [2.05, 4.69) is 15.3 Å². The van der Waals surface area contributed by atoms with Crippen molar-refractivity contribution in [3.63, 3.8) is 0 Å². The Kier molecular flexibility index (Phi) is 5.27. The molecule has 0 fully saturated rings. The number of nitrogens with zero attached hydrogens (tertiary/aromatic N) is 2. The maximum Gasteiger partial charge on any atom is 0.155 e. The molecule has 0 aliphatic heterocycles. The number of nitrogens with two attached hydrogens (primary N) is 1. The van der Waals surface area contributed by atoms with Gasteiger partial charge in [0.2, 0.25) is 0 Å². The molecule has 3 N–H and O–H groups in total. The van der Waals surface area contributed by atoms with Gasteiger partial charge >= 0.3 is 0 Å². The van der Waals surface area contributed by atoms with E-state index in [4.69, 9.17) is 18.0 Å². The summed E-state index contributed by atoms with van der Waals surface area (Å²) >= 11 is 4.86. The van der Waals surface area contributed by atoms with Gasteiger partial charge in [-0.3, -0.25) is 4.21 Å². The van der Waals surface area contributed by atoms with Crippen LogP contribution in [0.3, 0.4) is 0 Å². The first kappa shape index (κ1) is 13.0. The van der Waals surface area contributed by atoms with Gasteiger partial charge in [-0.1, -0.05) is 12.2 Å². The normalized spacial score (nSPS) is 12.1. The number of thiocarbonyl (C=S) groups is 1. The molecule has 0 aliphatic carbocycles. The number of rotatable bonds is 6. The van der Waals surface area contributed by atoms with E-state index in [0.717, 1.165) is 6.42 Å². The monoisotopic (exact) mass is 258 g/mol. The van der Waals surface area contributed by atoms with Gasteiger partial charge in [-0.25, -0.2) is 9.97 Å². The number of anilines is 1. The van der Waals surface area contributed by atoms with E-state index in [-0.39, 0.29) is 4.99 Å². The summed E-state index contributed by atoms with van der Waals surface area (Å²) in [4.78, 5) is 8.36. The lowest BCUT2D eigenvalue weighted by atomic mass is 10.4. The summed E-state index contributed by atoms with van der Waals surface area (Å²) in [5.41, 5.74) is 6.00. The quantitative estimate of drug-likeness (QED) is 0.564. The summed E-state index contributed by atoms with van der Waals surface area (Å²) < 4.78 is 10.8. The molecule has 0 radical (unpaired) electrons. The lowest BCUT2D eigenvalue weighted by molar-refractivity contribution is 0.685. The second-order valence-electron chi connectivity index (χ2n) is 3.18. The highest BCUT2D eigenvalue weighted by molar-refractivity contribution is 7.84. The minimum atomic E-state index is -0.764. The van der Waals surface area contributed by atoms with Crippen molar-refractivity contribution in [2.45, 2.75) is 6.42 Å². The van der Waals surface area contributed by atoms with Crippen LogP contribution in [0.1, 0.15) is 12.1 Å². The van der Waals surface area contributed by atoms with E-state index >= 15 is 0 Å². The molecule has 0 bridgehead atoms. The minimum Gasteiger partial charge on any atom is -0.388 e. The van der Waals surface area contributed by atoms with Crippen LogP contribution in [0.25, 0.3) is 0 Å². The Hall–Kier alpha value is -1.08. The minimum absolute atomic E-state index is 0.217. The molecule has 1 atom stereocenters. The molecule has 1 heterocycles. The molecule has 0 saturated carbocycles. The molecule has 16 heavy (non-hydrogen) atoms. The molecular weight excluding hydrogens is 244 g/mol. The van der Waals surface area contributed by atoms with Crippen molar-refractivity contribution in [3.05, 3.63) is 18.1 Å². The van der Waals surface area contributed by atoms with E-state index in [1.807, 2.05) is 0 Å². The summed E-state index contributed by atoms with van der Waals surface area (Å²) in [5, 5.41) is 3.07. The number of hydrogen-bond donors (Lipinski definition) is 2. The Labute approximate surface area is 102 Å². The SMILES string of the molecule is CS(=O)CCCNc1nccnc1C(N)=S. The van der Waals surface area contributed by atoms with Crippen molar-refractivity contribution in [1.29, 1.82) is 0 Å². The Bertz CT molecular complexity index is 397. The largest absolute Gasteiger partial charge is 0.388 e. The van der Waals surface area contributed by atoms with Crippen LogP contribution in [0, 0.1) is 0 Å². The van der Waals surface area contributed by atoms with Crippen molar-refractivity contribution in [3.8, 4) is 0 Å². The zero-order chi connectivity index (χ0) is 12.0. The molecule has 1 aromatic rings. The third-order valence-corrected chi connectivity index (χ3v) is 2.89. The lowest BCUT2D eigenvalue weighted by Crippen LogP contribution is -2.17. The summed E-state index contributed by atoms with van der Waals surface area (Å²) in [6.45, 7) is 0.674. The Morgan fingerprint density at radius 2 is 2.25 bits per heavy atom. The Morgan fingerprint density at radius 3 is 2.88 bits per heavy atom. The van der Waals surface area contributed by atoms with Gasteiger partial charge < -0.3 is 11.1 Å². The first-order chi connectivity index (χ1) is 7.61. The van der Waals surface area contributed by atoms with Gasteiger partial charge in [0.15, 0.2) is 5.82 Å². The third-order valence-electron chi connectivity index (χ3n) is 1.83. The highest BCUT2D eigenvalue weighted by Crippen LogP contribution is 2.07. The second kappa shape index (κ2) is 6.49. The van der Waals surface area contributed by atoms with Crippen LogP contribution in [0.5, 0.6) is 0 Å². The average Bonchev–Trinajstić information content (AvgIpc) is 2.24. The topological polar surface area (TPSA) is 80.9 Å². The van der Waals surface area contributed by atoms with Crippen LogP contribution in [0.2, 0.25) is 0 Å². The first-order valence-electron chi connectivity index (χ1n) is 4.76. The summed E-state index contributed by atoms with van der Waals surface area (Å²) in [6.07, 6.45) is 5.60. The summed E-state index contributed by atoms with van der Waals surface area (Å²) in [6, 6.07) is 0. The van der Waals surface area contributed by atoms with E-state index in [1.54, 1.807) is 18.6 Å². The fourth-order valence-corrected chi connectivity index (χ4v) is 1.83. The van der Waals surface area contributed by atoms with Gasteiger partial charge in [-0.05, 0) is 6.42 Å². The Morgan fingerprint density at radius 1 is 1.56 bits per heavy atom. The number of nitrogens with one attached hydrogen (secondary N) is 1. The van der Waals surface area contributed by atoms with Crippen LogP contribution >= 0.6 is 12.2 Å². The molecule has 7 heteroatoms. The standard InChI is InChI=1S/C9H14N4OS2/c1-16(14)6-2-3-12-9-7(8(10)15)11-4-5-13-9/h4-5H,2-3,6H2,1H3,(H2,10,15)(H,12,13). The van der Waals surface area contributed by atoms with Crippen molar-refractivity contribution in [2.75, 3.05) is 23.9 Å². The lowest BCUT2D eigenvalue weighted by Gasteiger charge is -2.07. The highest BCUT2D eigenvalue weighted by Gasteiger charge is 2.06. The van der Waals surface area contributed by atoms with Crippen LogP contribution < -0.4 is 11.1 Å². The molecule has 0 amide bonds. The van der Waals surface area contributed by atoms with Gasteiger partial charge in [-0.15, -0.1) is 0 Å². The highest BCUT2D eigenvalue weighted by atomic mass is 32.2. The van der Waals surface area contributed by atoms with Gasteiger partial charge in [0, 0.05) is 41.7 Å². The molecule has 0 spiro atoms. The molecule has 1 rings (SSSR count). The number of aromatic nitrogens is 2. The van der Waals surface area contributed by atoms with E-state index in [1.165, 1.54) is 0 Å². The van der Waals surface area contributed by atoms with Crippen molar-refractivity contribution >= 4 is 33.8 Å².